The number of fused-ring (bicyclic) bond motifs is 1. The topological polar surface area (TPSA) is 84.9 Å². The molecule has 2 fully saturated rings. The molecule has 2 aromatic carbocycles. The largest absolute Gasteiger partial charge is 0.314 e. The summed E-state index contributed by atoms with van der Waals surface area (Å²) in [5, 5.41) is 12.6. The molecule has 3 N–H and O–H groups in total. The van der Waals surface area contributed by atoms with Gasteiger partial charge in [0.2, 0.25) is 5.91 Å². The molecular weight excluding hydrogens is 464 g/mol. The summed E-state index contributed by atoms with van der Waals surface area (Å²) >= 11 is 0. The van der Waals surface area contributed by atoms with Crippen molar-refractivity contribution in [2.45, 2.75) is 63.3 Å². The van der Waals surface area contributed by atoms with E-state index in [0.29, 0.717) is 17.5 Å². The second-order valence-corrected chi connectivity index (χ2v) is 11.6. The normalized spacial score (nSPS) is 23.2. The number of aryl methyl sites for hydroxylation is 1. The van der Waals surface area contributed by atoms with E-state index in [1.165, 1.54) is 36.0 Å². The average Bonchev–Trinajstić information content (AvgIpc) is 3.68. The van der Waals surface area contributed by atoms with Gasteiger partial charge in [0.05, 0.1) is 5.41 Å². The summed E-state index contributed by atoms with van der Waals surface area (Å²) in [5.74, 6) is 1.01. The van der Waals surface area contributed by atoms with Crippen molar-refractivity contribution in [1.29, 1.82) is 0 Å². The molecule has 37 heavy (non-hydrogen) atoms. The first-order valence-corrected chi connectivity index (χ1v) is 13.7. The van der Waals surface area contributed by atoms with Crippen LogP contribution in [0.1, 0.15) is 72.5 Å². The second kappa shape index (κ2) is 10.6. The molecule has 3 aliphatic rings. The molecular formula is C30H40N4O3. The number of hydrogen-bond donors (Lipinski definition) is 3. The van der Waals surface area contributed by atoms with E-state index in [9.17, 15) is 9.59 Å². The minimum absolute atomic E-state index is 0.180. The zero-order valence-electron chi connectivity index (χ0n) is 22.3. The van der Waals surface area contributed by atoms with Crippen LogP contribution in [-0.4, -0.2) is 61.2 Å². The fraction of sp³-hybridized carbons (Fsp3) is 0.533. The van der Waals surface area contributed by atoms with Crippen LogP contribution in [-0.2, 0) is 16.6 Å². The van der Waals surface area contributed by atoms with Gasteiger partial charge < -0.3 is 15.1 Å². The van der Waals surface area contributed by atoms with E-state index >= 15 is 0 Å². The summed E-state index contributed by atoms with van der Waals surface area (Å²) in [4.78, 5) is 28.4. The number of nitrogens with zero attached hydrogens (tertiary/aromatic N) is 2. The van der Waals surface area contributed by atoms with Gasteiger partial charge in [0.1, 0.15) is 0 Å². The number of rotatable bonds is 9. The standard InChI is InChI=1S/C30H40N4O3/c1-30(2)25-17-23(10-11-27(25)33(3)29(30)36)24-18-26(24)31-19-21-12-15-34(16-13-21)14-4-5-20-6-8-22(9-7-20)28(35)32-37/h6-11,17,21,24,26,31,37H,4-5,12-16,18-19H2,1-3H3,(H,32,35)/t24-,26+/m0/s1. The quantitative estimate of drug-likeness (QED) is 0.357. The van der Waals surface area contributed by atoms with Crippen molar-refractivity contribution in [3.63, 3.8) is 0 Å². The predicted molar refractivity (Wildman–Crippen MR) is 145 cm³/mol. The highest BCUT2D eigenvalue weighted by molar-refractivity contribution is 6.07. The highest BCUT2D eigenvalue weighted by atomic mass is 16.5. The third-order valence-corrected chi connectivity index (χ3v) is 8.75. The molecule has 7 nitrogen and oxygen atoms in total. The van der Waals surface area contributed by atoms with Crippen molar-refractivity contribution in [3.8, 4) is 0 Å². The lowest BCUT2D eigenvalue weighted by Gasteiger charge is -2.32. The lowest BCUT2D eigenvalue weighted by molar-refractivity contribution is -0.121. The van der Waals surface area contributed by atoms with Gasteiger partial charge in [0.25, 0.3) is 5.91 Å². The Morgan fingerprint density at radius 1 is 1.11 bits per heavy atom. The molecule has 2 amide bonds. The molecule has 1 saturated heterocycles. The second-order valence-electron chi connectivity index (χ2n) is 11.6. The van der Waals surface area contributed by atoms with Crippen LogP contribution in [0.4, 0.5) is 5.69 Å². The molecule has 5 rings (SSSR count). The van der Waals surface area contributed by atoms with Crippen molar-refractivity contribution >= 4 is 17.5 Å². The third-order valence-electron chi connectivity index (χ3n) is 8.75. The number of piperidine rings is 1. The Kier molecular flexibility index (Phi) is 7.39. The Morgan fingerprint density at radius 3 is 2.54 bits per heavy atom. The Morgan fingerprint density at radius 2 is 1.84 bits per heavy atom. The lowest BCUT2D eigenvalue weighted by Crippen LogP contribution is -2.38. The fourth-order valence-corrected chi connectivity index (χ4v) is 6.14. The first-order valence-electron chi connectivity index (χ1n) is 13.7. The van der Waals surface area contributed by atoms with Crippen LogP contribution in [0, 0.1) is 5.92 Å². The Hall–Kier alpha value is -2.74. The monoisotopic (exact) mass is 504 g/mol. The summed E-state index contributed by atoms with van der Waals surface area (Å²) in [5.41, 5.74) is 6.52. The molecule has 2 aromatic rings. The molecule has 0 spiro atoms. The van der Waals surface area contributed by atoms with Gasteiger partial charge in [-0.15, -0.1) is 0 Å². The summed E-state index contributed by atoms with van der Waals surface area (Å²) in [6.07, 6.45) is 5.79. The van der Waals surface area contributed by atoms with E-state index in [1.807, 2.05) is 33.0 Å². The summed E-state index contributed by atoms with van der Waals surface area (Å²) in [6.45, 7) is 8.61. The van der Waals surface area contributed by atoms with Gasteiger partial charge in [0.15, 0.2) is 0 Å². The van der Waals surface area contributed by atoms with Gasteiger partial charge in [-0.3, -0.25) is 14.8 Å². The van der Waals surface area contributed by atoms with Gasteiger partial charge in [-0.2, -0.15) is 0 Å². The van der Waals surface area contributed by atoms with Gasteiger partial charge in [-0.25, -0.2) is 5.48 Å². The van der Waals surface area contributed by atoms with Crippen LogP contribution in [0.3, 0.4) is 0 Å². The molecule has 0 unspecified atom stereocenters. The maximum Gasteiger partial charge on any atom is 0.274 e. The highest BCUT2D eigenvalue weighted by Crippen LogP contribution is 2.46. The average molecular weight is 505 g/mol. The number of likely N-dealkylation sites (tertiary alicyclic amines) is 1. The maximum atomic E-state index is 12.6. The SMILES string of the molecule is CN1C(=O)C(C)(C)c2cc([C@@H]3C[C@H]3NCC3CCN(CCCc4ccc(C(=O)NO)cc4)CC3)ccc21. The molecule has 2 heterocycles. The van der Waals surface area contributed by atoms with Gasteiger partial charge in [-0.05, 0) is 113 Å². The van der Waals surface area contributed by atoms with E-state index in [0.717, 1.165) is 50.6 Å². The number of hydrogen-bond acceptors (Lipinski definition) is 5. The smallest absolute Gasteiger partial charge is 0.274 e. The van der Waals surface area contributed by atoms with Gasteiger partial charge >= 0.3 is 0 Å². The number of carbonyl (C=O) groups excluding carboxylic acids is 2. The van der Waals surface area contributed by atoms with E-state index < -0.39 is 11.3 Å². The predicted octanol–water partition coefficient (Wildman–Crippen LogP) is 3.85. The van der Waals surface area contributed by atoms with Crippen LogP contribution in [0.5, 0.6) is 0 Å². The highest BCUT2D eigenvalue weighted by Gasteiger charge is 2.44. The molecule has 2 aliphatic heterocycles. The van der Waals surface area contributed by atoms with Crippen LogP contribution < -0.4 is 15.7 Å². The molecule has 0 radical (unpaired) electrons. The molecule has 2 atom stereocenters. The summed E-state index contributed by atoms with van der Waals surface area (Å²) in [7, 11) is 1.88. The van der Waals surface area contributed by atoms with Crippen molar-refractivity contribution in [3.05, 3.63) is 64.7 Å². The van der Waals surface area contributed by atoms with Crippen LogP contribution in [0.25, 0.3) is 0 Å². The Balaban J connectivity index is 1.01. The van der Waals surface area contributed by atoms with Crippen molar-refractivity contribution < 1.29 is 14.8 Å². The molecule has 7 heteroatoms. The first kappa shape index (κ1) is 25.9. The number of hydroxylamine groups is 1. The van der Waals surface area contributed by atoms with Gasteiger partial charge in [-0.1, -0.05) is 24.3 Å². The molecule has 1 saturated carbocycles. The zero-order valence-corrected chi connectivity index (χ0v) is 22.3. The van der Waals surface area contributed by atoms with E-state index in [-0.39, 0.29) is 5.91 Å². The van der Waals surface area contributed by atoms with Crippen LogP contribution in [0.15, 0.2) is 42.5 Å². The first-order chi connectivity index (χ1) is 17.8. The molecule has 0 aromatic heterocycles. The summed E-state index contributed by atoms with van der Waals surface area (Å²) < 4.78 is 0. The molecule has 0 bridgehead atoms. The van der Waals surface area contributed by atoms with Crippen LogP contribution >= 0.6 is 0 Å². The Labute approximate surface area is 220 Å². The lowest BCUT2D eigenvalue weighted by atomic mass is 9.85. The zero-order chi connectivity index (χ0) is 26.2. The van der Waals surface area contributed by atoms with E-state index in [1.54, 1.807) is 22.5 Å². The molecule has 198 valence electrons. The maximum absolute atomic E-state index is 12.6. The van der Waals surface area contributed by atoms with E-state index in [4.69, 9.17) is 5.21 Å². The van der Waals surface area contributed by atoms with Crippen molar-refractivity contribution in [1.82, 2.24) is 15.7 Å². The number of nitrogens with one attached hydrogen (secondary N) is 2. The molecule has 1 aliphatic carbocycles. The third kappa shape index (κ3) is 5.44. The minimum atomic E-state index is -0.473. The van der Waals surface area contributed by atoms with Crippen LogP contribution in [0.2, 0.25) is 0 Å². The van der Waals surface area contributed by atoms with Gasteiger partial charge in [0, 0.05) is 30.3 Å². The number of amides is 2. The minimum Gasteiger partial charge on any atom is -0.314 e. The number of anilines is 1. The number of carbonyl (C=O) groups is 2. The Bertz CT molecular complexity index is 1140. The van der Waals surface area contributed by atoms with E-state index in [2.05, 4.69) is 28.4 Å². The number of likely N-dealkylation sites (N-methyl/N-ethyl adjacent to an activating group) is 1. The number of benzene rings is 2. The fourth-order valence-electron chi connectivity index (χ4n) is 6.14. The van der Waals surface area contributed by atoms with Crippen molar-refractivity contribution in [2.24, 2.45) is 5.92 Å². The van der Waals surface area contributed by atoms with Crippen molar-refractivity contribution in [2.75, 3.05) is 38.1 Å². The summed E-state index contributed by atoms with van der Waals surface area (Å²) in [6, 6.07) is 14.6.